The first-order chi connectivity index (χ1) is 23.5. The summed E-state index contributed by atoms with van der Waals surface area (Å²) >= 11 is 1.45. The van der Waals surface area contributed by atoms with Crippen LogP contribution in [0.2, 0.25) is 18.1 Å². The van der Waals surface area contributed by atoms with Gasteiger partial charge < -0.3 is 23.7 Å². The number of carbonyl (C=O) groups is 2. The Bertz CT molecular complexity index is 1510. The van der Waals surface area contributed by atoms with Gasteiger partial charge in [0.25, 0.3) is 0 Å². The van der Waals surface area contributed by atoms with Crippen molar-refractivity contribution < 1.29 is 33.3 Å². The van der Waals surface area contributed by atoms with Gasteiger partial charge in [0.05, 0.1) is 18.6 Å². The number of hydrogen-bond acceptors (Lipinski definition) is 8. The number of hydrogen-bond donors (Lipinski definition) is 1. The quantitative estimate of drug-likeness (QED) is 0.0424. The lowest BCUT2D eigenvalue weighted by Gasteiger charge is -2.48. The summed E-state index contributed by atoms with van der Waals surface area (Å²) in [4.78, 5) is 29.0. The van der Waals surface area contributed by atoms with Crippen LogP contribution in [0.5, 0.6) is 11.5 Å². The Kier molecular flexibility index (Phi) is 13.4. The molecule has 1 amide bonds. The summed E-state index contributed by atoms with van der Waals surface area (Å²) in [6.07, 6.45) is 9.47. The number of β-lactam (4-membered cyclic amide) rings is 1. The fraction of sp³-hybridized carbons (Fsp3) is 0.600. The van der Waals surface area contributed by atoms with E-state index in [0.29, 0.717) is 10.7 Å². The molecule has 1 N–H and O–H groups in total. The lowest BCUT2D eigenvalue weighted by molar-refractivity contribution is -0.157. The van der Waals surface area contributed by atoms with E-state index in [2.05, 4.69) is 73.9 Å². The predicted octanol–water partition coefficient (Wildman–Crippen LogP) is 9.38. The predicted molar refractivity (Wildman–Crippen MR) is 204 cm³/mol. The Morgan fingerprint density at radius 1 is 1.24 bits per heavy atom. The van der Waals surface area contributed by atoms with Gasteiger partial charge in [-0.3, -0.25) is 9.69 Å². The van der Waals surface area contributed by atoms with E-state index in [9.17, 15) is 14.7 Å². The maximum Gasteiger partial charge on any atom is 0.356 e. The van der Waals surface area contributed by atoms with Crippen LogP contribution >= 0.6 is 11.8 Å². The molecule has 4 rings (SSSR count). The van der Waals surface area contributed by atoms with Gasteiger partial charge in [0.15, 0.2) is 15.1 Å². The molecule has 0 spiro atoms. The fourth-order valence-electron chi connectivity index (χ4n) is 6.84. The molecule has 0 aromatic heterocycles. The van der Waals surface area contributed by atoms with E-state index in [4.69, 9.17) is 18.6 Å². The normalized spacial score (nSPS) is 22.9. The lowest BCUT2D eigenvalue weighted by atomic mass is 9.73. The number of allylic oxidation sites excluding steroid dienone is 3. The van der Waals surface area contributed by atoms with Crippen LogP contribution < -0.4 is 4.74 Å². The molecule has 5 atom stereocenters. The second kappa shape index (κ2) is 16.7. The molecule has 2 heterocycles. The number of thioether (sulfide) groups is 1. The number of unbranched alkanes of at least 4 members (excludes halogenated alkanes) is 2. The standard InChI is InChI=1S/C40H59NO7SSi/c1-12-14-15-16-28-21-31(42)35(30-20-26(5)17-18-29(30)25(3)4)32(22-28)47-24-45-23-33-36(39(44)46-19-13-2)41-37(43)34(38(41)49-33)27(6)48-50(10,11)40(7,8)9/h13,20-22,27,29-30,34,38,42H,2-3,12,14-19,23-24H2,1,4-11H3/t27-,29+,30-,34+,38-/m1/s1. The van der Waals surface area contributed by atoms with Gasteiger partial charge in [0.2, 0.25) is 5.91 Å². The first kappa shape index (κ1) is 40.0. The van der Waals surface area contributed by atoms with E-state index in [0.717, 1.165) is 55.2 Å². The number of rotatable bonds is 17. The van der Waals surface area contributed by atoms with Crippen LogP contribution in [0, 0.1) is 11.8 Å². The van der Waals surface area contributed by atoms with Crippen molar-refractivity contribution in [2.45, 2.75) is 123 Å². The average molecular weight is 726 g/mol. The zero-order valence-corrected chi connectivity index (χ0v) is 33.5. The van der Waals surface area contributed by atoms with E-state index in [-0.39, 0.29) is 71.6 Å². The topological polar surface area (TPSA) is 94.5 Å². The Morgan fingerprint density at radius 2 is 1.96 bits per heavy atom. The van der Waals surface area contributed by atoms with Crippen LogP contribution in [0.15, 0.2) is 59.2 Å². The van der Waals surface area contributed by atoms with Gasteiger partial charge in [-0.05, 0) is 88.2 Å². The number of nitrogens with zero attached hydrogens (tertiary/aromatic N) is 1. The third-order valence-corrected chi connectivity index (χ3v) is 16.6. The van der Waals surface area contributed by atoms with Gasteiger partial charge in [-0.1, -0.05) is 88.8 Å². The maximum atomic E-state index is 13.6. The third kappa shape index (κ3) is 8.80. The van der Waals surface area contributed by atoms with Crippen molar-refractivity contribution in [1.29, 1.82) is 0 Å². The van der Waals surface area contributed by atoms with Crippen LogP contribution in [-0.2, 0) is 29.9 Å². The molecule has 50 heavy (non-hydrogen) atoms. The second-order valence-corrected chi connectivity index (χ2v) is 21.6. The highest BCUT2D eigenvalue weighted by Gasteiger charge is 2.59. The molecular weight excluding hydrogens is 667 g/mol. The molecule has 1 aromatic rings. The number of aromatic hydroxyl groups is 1. The van der Waals surface area contributed by atoms with Gasteiger partial charge in [-0.2, -0.15) is 0 Å². The first-order valence-corrected chi connectivity index (χ1v) is 21.9. The molecule has 0 radical (unpaired) electrons. The monoisotopic (exact) mass is 725 g/mol. The van der Waals surface area contributed by atoms with Gasteiger partial charge in [-0.25, -0.2) is 4.79 Å². The molecule has 0 unspecified atom stereocenters. The van der Waals surface area contributed by atoms with Crippen molar-refractivity contribution >= 4 is 32.0 Å². The number of esters is 1. The molecule has 1 aromatic carbocycles. The number of fused-ring (bicyclic) bond motifs is 1. The Morgan fingerprint density at radius 3 is 2.60 bits per heavy atom. The molecule has 10 heteroatoms. The zero-order valence-electron chi connectivity index (χ0n) is 31.7. The second-order valence-electron chi connectivity index (χ2n) is 15.6. The largest absolute Gasteiger partial charge is 0.507 e. The molecule has 0 saturated carbocycles. The van der Waals surface area contributed by atoms with Gasteiger partial charge in [-0.15, -0.1) is 0 Å². The van der Waals surface area contributed by atoms with Crippen molar-refractivity contribution in [2.24, 2.45) is 11.8 Å². The molecule has 276 valence electrons. The van der Waals surface area contributed by atoms with Gasteiger partial charge in [0, 0.05) is 16.4 Å². The molecule has 8 nitrogen and oxygen atoms in total. The number of benzene rings is 1. The highest BCUT2D eigenvalue weighted by molar-refractivity contribution is 8.04. The van der Waals surface area contributed by atoms with Crippen molar-refractivity contribution in [3.63, 3.8) is 0 Å². The van der Waals surface area contributed by atoms with Crippen LogP contribution in [-0.4, -0.2) is 61.7 Å². The Labute approximate surface area is 305 Å². The maximum absolute atomic E-state index is 13.6. The summed E-state index contributed by atoms with van der Waals surface area (Å²) in [5.74, 6) is -0.189. The van der Waals surface area contributed by atoms with Crippen LogP contribution in [0.25, 0.3) is 0 Å². The van der Waals surface area contributed by atoms with E-state index < -0.39 is 14.3 Å². The number of amides is 1. The Hall–Kier alpha value is -2.79. The molecule has 1 saturated heterocycles. The van der Waals surface area contributed by atoms with Crippen LogP contribution in [0.4, 0.5) is 0 Å². The molecule has 0 bridgehead atoms. The van der Waals surface area contributed by atoms with E-state index in [1.54, 1.807) is 0 Å². The highest BCUT2D eigenvalue weighted by Crippen LogP contribution is 2.52. The summed E-state index contributed by atoms with van der Waals surface area (Å²) < 4.78 is 24.5. The lowest BCUT2D eigenvalue weighted by Crippen LogP contribution is -2.62. The van der Waals surface area contributed by atoms with Gasteiger partial charge in [0.1, 0.15) is 29.2 Å². The van der Waals surface area contributed by atoms with E-state index in [1.807, 2.05) is 19.1 Å². The minimum atomic E-state index is -2.13. The summed E-state index contributed by atoms with van der Waals surface area (Å²) in [5, 5.41) is 11.2. The summed E-state index contributed by atoms with van der Waals surface area (Å²) in [7, 11) is -2.13. The van der Waals surface area contributed by atoms with Gasteiger partial charge >= 0.3 is 5.97 Å². The Balaban J connectivity index is 1.55. The first-order valence-electron chi connectivity index (χ1n) is 18.1. The highest BCUT2D eigenvalue weighted by atomic mass is 32.2. The smallest absolute Gasteiger partial charge is 0.356 e. The number of phenolic OH excluding ortho intramolecular Hbond substituents is 1. The molecule has 1 aliphatic carbocycles. The van der Waals surface area contributed by atoms with Crippen molar-refractivity contribution in [2.75, 3.05) is 20.0 Å². The fourth-order valence-corrected chi connectivity index (χ4v) is 9.81. The molecular formula is C40H59NO7SSi. The van der Waals surface area contributed by atoms with E-state index in [1.165, 1.54) is 28.3 Å². The number of aryl methyl sites for hydroxylation is 1. The third-order valence-electron chi connectivity index (χ3n) is 10.7. The molecule has 2 aliphatic heterocycles. The van der Waals surface area contributed by atoms with Crippen LogP contribution in [0.1, 0.15) is 97.6 Å². The minimum Gasteiger partial charge on any atom is -0.507 e. The number of ether oxygens (including phenoxy) is 3. The summed E-state index contributed by atoms with van der Waals surface area (Å²) in [6, 6.07) is 3.91. The number of phenols is 1. The zero-order chi connectivity index (χ0) is 37.0. The average Bonchev–Trinajstić information content (AvgIpc) is 3.35. The molecule has 1 fully saturated rings. The number of carbonyl (C=O) groups excluding carboxylic acids is 2. The minimum absolute atomic E-state index is 0.00330. The molecule has 3 aliphatic rings. The van der Waals surface area contributed by atoms with E-state index >= 15 is 0 Å². The van der Waals surface area contributed by atoms with Crippen molar-refractivity contribution in [1.82, 2.24) is 4.90 Å². The van der Waals surface area contributed by atoms with Crippen LogP contribution in [0.3, 0.4) is 0 Å². The van der Waals surface area contributed by atoms with Crippen molar-refractivity contribution in [3.8, 4) is 11.5 Å². The van der Waals surface area contributed by atoms with Crippen molar-refractivity contribution in [3.05, 3.63) is 70.3 Å². The SMILES string of the molecule is C=CCOC(=O)C1=C(COCOc2cc(CCCCC)cc(O)c2[C@@H]2C=C(C)CC[C@H]2C(=C)C)S[C@@H]2[C@@H]([C@@H](C)O[Si](C)(C)C(C)(C)C)C(=O)N12. The summed E-state index contributed by atoms with van der Waals surface area (Å²) in [6.45, 7) is 27.1. The summed E-state index contributed by atoms with van der Waals surface area (Å²) in [5.41, 5.74) is 4.34.